The lowest BCUT2D eigenvalue weighted by Gasteiger charge is -2.30. The largest absolute Gasteiger partial charge is 0.481 e. The van der Waals surface area contributed by atoms with Crippen molar-refractivity contribution < 1.29 is 29.1 Å². The molecule has 138 valence electrons. The standard InChI is InChI=1S/C15H23BN2O6S/c17-5-6-23-9-12-3-2-11(25-12)8-14(19)18-13-4-1-10(7-15(20)21)24-16(13)22/h2-3,10,13,22H,1,4-9,17H2,(H,18,19)(H,20,21). The van der Waals surface area contributed by atoms with Crippen LogP contribution in [0.15, 0.2) is 12.1 Å². The highest BCUT2D eigenvalue weighted by Crippen LogP contribution is 2.20. The van der Waals surface area contributed by atoms with Gasteiger partial charge in [-0.3, -0.25) is 9.59 Å². The molecule has 0 bridgehead atoms. The Morgan fingerprint density at radius 1 is 1.40 bits per heavy atom. The Hall–Kier alpha value is -1.46. The van der Waals surface area contributed by atoms with E-state index >= 15 is 0 Å². The molecular weight excluding hydrogens is 347 g/mol. The van der Waals surface area contributed by atoms with Crippen LogP contribution in [0.4, 0.5) is 0 Å². The number of nitrogens with two attached hydrogens (primary N) is 1. The number of rotatable bonds is 9. The normalized spacial score (nSPS) is 20.5. The monoisotopic (exact) mass is 370 g/mol. The van der Waals surface area contributed by atoms with Crippen molar-refractivity contribution in [3.05, 3.63) is 21.9 Å². The van der Waals surface area contributed by atoms with Crippen LogP contribution in [0.3, 0.4) is 0 Å². The molecule has 2 heterocycles. The minimum Gasteiger partial charge on any atom is -0.481 e. The first-order chi connectivity index (χ1) is 12.0. The minimum atomic E-state index is -1.19. The molecule has 5 N–H and O–H groups in total. The van der Waals surface area contributed by atoms with Crippen LogP contribution in [-0.2, 0) is 32.0 Å². The molecular formula is C15H23BN2O6S. The lowest BCUT2D eigenvalue weighted by atomic mass is 9.72. The highest BCUT2D eigenvalue weighted by atomic mass is 32.1. The first-order valence-electron chi connectivity index (χ1n) is 8.18. The fourth-order valence-corrected chi connectivity index (χ4v) is 3.58. The van der Waals surface area contributed by atoms with Crippen molar-refractivity contribution in [3.8, 4) is 0 Å². The summed E-state index contributed by atoms with van der Waals surface area (Å²) in [4.78, 5) is 24.7. The maximum atomic E-state index is 12.1. The molecule has 0 saturated carbocycles. The zero-order valence-corrected chi connectivity index (χ0v) is 14.7. The van der Waals surface area contributed by atoms with Crippen LogP contribution in [0.1, 0.15) is 29.0 Å². The minimum absolute atomic E-state index is 0.151. The lowest BCUT2D eigenvalue weighted by Crippen LogP contribution is -2.53. The number of carboxylic acids is 1. The Morgan fingerprint density at radius 2 is 2.16 bits per heavy atom. The van der Waals surface area contributed by atoms with Gasteiger partial charge in [0.1, 0.15) is 0 Å². The highest BCUT2D eigenvalue weighted by Gasteiger charge is 2.36. The van der Waals surface area contributed by atoms with Gasteiger partial charge in [-0.15, -0.1) is 11.3 Å². The van der Waals surface area contributed by atoms with Crippen LogP contribution in [0.2, 0.25) is 0 Å². The quantitative estimate of drug-likeness (QED) is 0.353. The number of carboxylic acid groups (broad SMARTS) is 1. The van der Waals surface area contributed by atoms with E-state index in [2.05, 4.69) is 5.32 Å². The highest BCUT2D eigenvalue weighted by molar-refractivity contribution is 7.12. The van der Waals surface area contributed by atoms with Crippen molar-refractivity contribution in [1.82, 2.24) is 5.32 Å². The third-order valence-electron chi connectivity index (χ3n) is 3.78. The molecule has 0 aliphatic carbocycles. The Balaban J connectivity index is 1.76. The number of carbonyl (C=O) groups is 2. The van der Waals surface area contributed by atoms with E-state index < -0.39 is 25.1 Å². The Labute approximate surface area is 150 Å². The number of hydrogen-bond donors (Lipinski definition) is 4. The number of carbonyl (C=O) groups excluding carboxylic acids is 1. The Morgan fingerprint density at radius 3 is 2.84 bits per heavy atom. The van der Waals surface area contributed by atoms with Gasteiger partial charge in [0, 0.05) is 16.3 Å². The molecule has 1 amide bonds. The lowest BCUT2D eigenvalue weighted by molar-refractivity contribution is -0.139. The molecule has 2 unspecified atom stereocenters. The van der Waals surface area contributed by atoms with Gasteiger partial charge in [0.15, 0.2) is 0 Å². The number of amides is 1. The van der Waals surface area contributed by atoms with E-state index in [0.29, 0.717) is 32.6 Å². The fourth-order valence-electron chi connectivity index (χ4n) is 2.62. The Bertz CT molecular complexity index is 584. The predicted octanol–water partition coefficient (Wildman–Crippen LogP) is -0.0759. The van der Waals surface area contributed by atoms with E-state index in [4.69, 9.17) is 20.2 Å². The van der Waals surface area contributed by atoms with Crippen LogP contribution in [0, 0.1) is 0 Å². The van der Waals surface area contributed by atoms with E-state index in [0.717, 1.165) is 9.75 Å². The number of hydrogen-bond acceptors (Lipinski definition) is 7. The predicted molar refractivity (Wildman–Crippen MR) is 93.0 cm³/mol. The van der Waals surface area contributed by atoms with Crippen molar-refractivity contribution in [2.75, 3.05) is 13.2 Å². The van der Waals surface area contributed by atoms with Gasteiger partial charge < -0.3 is 30.6 Å². The van der Waals surface area contributed by atoms with Gasteiger partial charge in [0.2, 0.25) is 5.91 Å². The van der Waals surface area contributed by atoms with Crippen molar-refractivity contribution in [2.24, 2.45) is 5.73 Å². The smallest absolute Gasteiger partial charge is 0.478 e. The first-order valence-corrected chi connectivity index (χ1v) is 8.99. The number of aliphatic carboxylic acids is 1. The second kappa shape index (κ2) is 9.88. The van der Waals surface area contributed by atoms with Crippen LogP contribution >= 0.6 is 11.3 Å². The van der Waals surface area contributed by atoms with Crippen molar-refractivity contribution >= 4 is 30.3 Å². The molecule has 8 nitrogen and oxygen atoms in total. The summed E-state index contributed by atoms with van der Waals surface area (Å²) in [5.41, 5.74) is 5.36. The van der Waals surface area contributed by atoms with Gasteiger partial charge in [-0.05, 0) is 25.0 Å². The summed E-state index contributed by atoms with van der Waals surface area (Å²) in [6.45, 7) is 1.44. The second-order valence-corrected chi connectivity index (χ2v) is 7.14. The molecule has 1 aromatic rings. The average Bonchev–Trinajstić information content (AvgIpc) is 2.97. The zero-order valence-electron chi connectivity index (χ0n) is 13.8. The van der Waals surface area contributed by atoms with Crippen molar-refractivity contribution in [1.29, 1.82) is 0 Å². The molecule has 0 radical (unpaired) electrons. The summed E-state index contributed by atoms with van der Waals surface area (Å²) in [6.07, 6.45) is 0.503. The second-order valence-electron chi connectivity index (χ2n) is 5.88. The van der Waals surface area contributed by atoms with Gasteiger partial charge in [0.05, 0.1) is 38.1 Å². The molecule has 2 atom stereocenters. The van der Waals surface area contributed by atoms with Crippen molar-refractivity contribution in [2.45, 2.75) is 44.3 Å². The number of thiophene rings is 1. The molecule has 1 aromatic heterocycles. The van der Waals surface area contributed by atoms with E-state index in [9.17, 15) is 14.6 Å². The van der Waals surface area contributed by atoms with Crippen molar-refractivity contribution in [3.63, 3.8) is 0 Å². The summed E-state index contributed by atoms with van der Waals surface area (Å²) in [7, 11) is -1.19. The molecule has 25 heavy (non-hydrogen) atoms. The number of nitrogens with one attached hydrogen (secondary N) is 1. The molecule has 10 heteroatoms. The SMILES string of the molecule is NCCOCc1ccc(CC(=O)NC2CCC(CC(=O)O)OB2O)s1. The third kappa shape index (κ3) is 6.75. The summed E-state index contributed by atoms with van der Waals surface area (Å²) in [5, 5.41) is 21.4. The molecule has 1 saturated heterocycles. The zero-order chi connectivity index (χ0) is 18.2. The summed E-state index contributed by atoms with van der Waals surface area (Å²) in [5.74, 6) is -1.70. The van der Waals surface area contributed by atoms with Crippen LogP contribution in [-0.4, -0.2) is 54.3 Å². The molecule has 0 aromatic carbocycles. The first kappa shape index (κ1) is 19.9. The van der Waals surface area contributed by atoms with Gasteiger partial charge >= 0.3 is 13.1 Å². The number of ether oxygens (including phenoxy) is 1. The summed E-state index contributed by atoms with van der Waals surface area (Å²) in [6, 6.07) is 3.79. The van der Waals surface area contributed by atoms with E-state index in [-0.39, 0.29) is 18.7 Å². The van der Waals surface area contributed by atoms with Gasteiger partial charge in [-0.2, -0.15) is 0 Å². The Kier molecular flexibility index (Phi) is 7.85. The molecule has 1 aliphatic rings. The maximum Gasteiger partial charge on any atom is 0.478 e. The maximum absolute atomic E-state index is 12.1. The van der Waals surface area contributed by atoms with E-state index in [1.807, 2.05) is 12.1 Å². The molecule has 0 spiro atoms. The average molecular weight is 370 g/mol. The van der Waals surface area contributed by atoms with Gasteiger partial charge in [0.25, 0.3) is 0 Å². The van der Waals surface area contributed by atoms with E-state index in [1.165, 1.54) is 11.3 Å². The van der Waals surface area contributed by atoms with Gasteiger partial charge in [-0.25, -0.2) is 0 Å². The van der Waals surface area contributed by atoms with E-state index in [1.54, 1.807) is 0 Å². The van der Waals surface area contributed by atoms with Crippen LogP contribution in [0.5, 0.6) is 0 Å². The summed E-state index contributed by atoms with van der Waals surface area (Å²) < 4.78 is 10.6. The summed E-state index contributed by atoms with van der Waals surface area (Å²) >= 11 is 1.50. The molecule has 1 aliphatic heterocycles. The fraction of sp³-hybridized carbons (Fsp3) is 0.600. The van der Waals surface area contributed by atoms with Crippen LogP contribution in [0.25, 0.3) is 0 Å². The molecule has 1 fully saturated rings. The topological polar surface area (TPSA) is 131 Å². The third-order valence-corrected chi connectivity index (χ3v) is 4.84. The van der Waals surface area contributed by atoms with Crippen LogP contribution < -0.4 is 11.1 Å². The van der Waals surface area contributed by atoms with Gasteiger partial charge in [-0.1, -0.05) is 0 Å². The molecule has 2 rings (SSSR count).